The summed E-state index contributed by atoms with van der Waals surface area (Å²) in [5.74, 6) is 0.850. The van der Waals surface area contributed by atoms with Crippen LogP contribution in [-0.4, -0.2) is 9.97 Å². The van der Waals surface area contributed by atoms with Gasteiger partial charge in [-0.05, 0) is 31.0 Å². The molecule has 0 amide bonds. The minimum absolute atomic E-state index is 0.0914. The number of nitrogens with two attached hydrogens (primary N) is 1. The van der Waals surface area contributed by atoms with Crippen molar-refractivity contribution in [1.82, 2.24) is 9.97 Å². The van der Waals surface area contributed by atoms with Crippen molar-refractivity contribution in [3.8, 4) is 11.4 Å². The van der Waals surface area contributed by atoms with Crippen molar-refractivity contribution >= 4 is 17.4 Å². The van der Waals surface area contributed by atoms with E-state index in [4.69, 9.17) is 17.3 Å². The molecule has 0 spiro atoms. The lowest BCUT2D eigenvalue weighted by Gasteiger charge is -2.11. The third-order valence-electron chi connectivity index (χ3n) is 3.72. The smallest absolute Gasteiger partial charge is 0.161 e. The van der Waals surface area contributed by atoms with Crippen molar-refractivity contribution in [2.24, 2.45) is 0 Å². The highest BCUT2D eigenvalue weighted by atomic mass is 35.5. The van der Waals surface area contributed by atoms with Gasteiger partial charge < -0.3 is 5.73 Å². The lowest BCUT2D eigenvalue weighted by molar-refractivity contribution is 0.628. The van der Waals surface area contributed by atoms with Gasteiger partial charge in [-0.3, -0.25) is 0 Å². The Morgan fingerprint density at radius 1 is 1.15 bits per heavy atom. The average molecular weight is 292 g/mol. The van der Waals surface area contributed by atoms with Gasteiger partial charge in [0, 0.05) is 23.2 Å². The van der Waals surface area contributed by atoms with Crippen molar-refractivity contribution in [3.63, 3.8) is 0 Å². The van der Waals surface area contributed by atoms with Crippen LogP contribution in [0.15, 0.2) is 24.3 Å². The van der Waals surface area contributed by atoms with E-state index in [0.29, 0.717) is 23.1 Å². The van der Waals surface area contributed by atoms with Gasteiger partial charge in [0.25, 0.3) is 0 Å². The minimum Gasteiger partial charge on any atom is -0.384 e. The van der Waals surface area contributed by atoms with Crippen LogP contribution in [0.2, 0.25) is 5.02 Å². The van der Waals surface area contributed by atoms with Crippen LogP contribution < -0.4 is 5.73 Å². The number of benzene rings is 1. The van der Waals surface area contributed by atoms with Gasteiger partial charge in [-0.1, -0.05) is 24.4 Å². The van der Waals surface area contributed by atoms with Crippen molar-refractivity contribution < 1.29 is 4.39 Å². The second kappa shape index (κ2) is 5.37. The van der Waals surface area contributed by atoms with Crippen LogP contribution in [-0.2, 0) is 0 Å². The number of anilines is 1. The van der Waals surface area contributed by atoms with Crippen LogP contribution in [0.4, 0.5) is 10.2 Å². The van der Waals surface area contributed by atoms with Gasteiger partial charge in [0.15, 0.2) is 5.82 Å². The second-order valence-electron chi connectivity index (χ2n) is 5.15. The molecule has 1 saturated carbocycles. The molecule has 0 atom stereocenters. The van der Waals surface area contributed by atoms with E-state index in [-0.39, 0.29) is 5.02 Å². The molecule has 1 aliphatic carbocycles. The van der Waals surface area contributed by atoms with Gasteiger partial charge in [-0.25, -0.2) is 14.4 Å². The van der Waals surface area contributed by atoms with E-state index in [2.05, 4.69) is 9.97 Å². The van der Waals surface area contributed by atoms with Crippen LogP contribution in [0.5, 0.6) is 0 Å². The first-order valence-corrected chi connectivity index (χ1v) is 7.11. The molecule has 2 N–H and O–H groups in total. The predicted molar refractivity (Wildman–Crippen MR) is 78.1 cm³/mol. The maximum Gasteiger partial charge on any atom is 0.161 e. The number of hydrogen-bond donors (Lipinski definition) is 1. The highest BCUT2D eigenvalue weighted by Gasteiger charge is 2.20. The molecular formula is C15H15ClFN3. The van der Waals surface area contributed by atoms with E-state index in [1.165, 1.54) is 25.0 Å². The fourth-order valence-electron chi connectivity index (χ4n) is 2.68. The topological polar surface area (TPSA) is 51.8 Å². The van der Waals surface area contributed by atoms with E-state index in [1.807, 2.05) is 6.07 Å². The largest absolute Gasteiger partial charge is 0.384 e. The Hall–Kier alpha value is -1.68. The molecule has 20 heavy (non-hydrogen) atoms. The minimum atomic E-state index is -0.474. The molecule has 0 unspecified atom stereocenters. The third-order valence-corrected chi connectivity index (χ3v) is 4.02. The van der Waals surface area contributed by atoms with Gasteiger partial charge >= 0.3 is 0 Å². The Labute approximate surface area is 122 Å². The highest BCUT2D eigenvalue weighted by molar-refractivity contribution is 6.30. The number of rotatable bonds is 2. The summed E-state index contributed by atoms with van der Waals surface area (Å²) in [5, 5.41) is 0.0914. The number of aromatic nitrogens is 2. The Kier molecular flexibility index (Phi) is 3.57. The Balaban J connectivity index is 2.02. The summed E-state index contributed by atoms with van der Waals surface area (Å²) in [7, 11) is 0. The highest BCUT2D eigenvalue weighted by Crippen LogP contribution is 2.34. The summed E-state index contributed by atoms with van der Waals surface area (Å²) in [6.45, 7) is 0. The molecule has 0 aliphatic heterocycles. The normalized spacial score (nSPS) is 15.7. The van der Waals surface area contributed by atoms with Gasteiger partial charge in [0.2, 0.25) is 0 Å². The summed E-state index contributed by atoms with van der Waals surface area (Å²) < 4.78 is 13.5. The summed E-state index contributed by atoms with van der Waals surface area (Å²) in [6.07, 6.45) is 4.70. The lowest BCUT2D eigenvalue weighted by Crippen LogP contribution is -2.03. The predicted octanol–water partition coefficient (Wildman–Crippen LogP) is 4.18. The maximum atomic E-state index is 13.5. The van der Waals surface area contributed by atoms with E-state index < -0.39 is 5.82 Å². The molecule has 0 radical (unpaired) electrons. The number of nitrogens with zero attached hydrogens (tertiary/aromatic N) is 2. The van der Waals surface area contributed by atoms with Crippen LogP contribution in [0, 0.1) is 5.82 Å². The molecular weight excluding hydrogens is 277 g/mol. The van der Waals surface area contributed by atoms with Crippen molar-refractivity contribution in [3.05, 3.63) is 40.8 Å². The van der Waals surface area contributed by atoms with Crippen LogP contribution in [0.1, 0.15) is 37.3 Å². The van der Waals surface area contributed by atoms with E-state index in [1.54, 1.807) is 6.07 Å². The number of hydrogen-bond acceptors (Lipinski definition) is 3. The molecule has 1 aromatic heterocycles. The van der Waals surface area contributed by atoms with Gasteiger partial charge in [-0.2, -0.15) is 0 Å². The van der Waals surface area contributed by atoms with Crippen molar-refractivity contribution in [1.29, 1.82) is 0 Å². The first-order valence-electron chi connectivity index (χ1n) is 6.73. The standard InChI is InChI=1S/C15H15ClFN3/c16-11-6-5-10(7-12(11)17)15-19-13(8-14(18)20-15)9-3-1-2-4-9/h5-9H,1-4H2,(H2,18,19,20). The molecule has 5 heteroatoms. The summed E-state index contributed by atoms with van der Waals surface area (Å²) in [6, 6.07) is 6.38. The third kappa shape index (κ3) is 2.61. The maximum absolute atomic E-state index is 13.5. The first kappa shape index (κ1) is 13.3. The van der Waals surface area contributed by atoms with Crippen molar-refractivity contribution in [2.45, 2.75) is 31.6 Å². The Morgan fingerprint density at radius 3 is 2.60 bits per heavy atom. The zero-order valence-electron chi connectivity index (χ0n) is 10.9. The molecule has 104 valence electrons. The van der Waals surface area contributed by atoms with E-state index in [9.17, 15) is 4.39 Å². The first-order chi connectivity index (χ1) is 9.63. The monoisotopic (exact) mass is 291 g/mol. The second-order valence-corrected chi connectivity index (χ2v) is 5.56. The molecule has 0 bridgehead atoms. The molecule has 1 aromatic carbocycles. The van der Waals surface area contributed by atoms with Crippen molar-refractivity contribution in [2.75, 3.05) is 5.73 Å². The Morgan fingerprint density at radius 2 is 1.90 bits per heavy atom. The fraction of sp³-hybridized carbons (Fsp3) is 0.333. The molecule has 3 nitrogen and oxygen atoms in total. The quantitative estimate of drug-likeness (QED) is 0.903. The van der Waals surface area contributed by atoms with E-state index >= 15 is 0 Å². The molecule has 1 heterocycles. The SMILES string of the molecule is Nc1cc(C2CCCC2)nc(-c2ccc(Cl)c(F)c2)n1. The van der Waals surface area contributed by atoms with Gasteiger partial charge in [-0.15, -0.1) is 0 Å². The molecule has 1 fully saturated rings. The average Bonchev–Trinajstić information content (AvgIpc) is 2.95. The molecule has 0 saturated heterocycles. The fourth-order valence-corrected chi connectivity index (χ4v) is 2.80. The lowest BCUT2D eigenvalue weighted by atomic mass is 10.0. The zero-order valence-corrected chi connectivity index (χ0v) is 11.7. The van der Waals surface area contributed by atoms with Crippen LogP contribution >= 0.6 is 11.6 Å². The Bertz CT molecular complexity index is 639. The summed E-state index contributed by atoms with van der Waals surface area (Å²) in [5.41, 5.74) is 7.42. The number of nitrogen functional groups attached to an aromatic ring is 1. The zero-order chi connectivity index (χ0) is 14.1. The van der Waals surface area contributed by atoms with E-state index in [0.717, 1.165) is 18.5 Å². The van der Waals surface area contributed by atoms with Gasteiger partial charge in [0.1, 0.15) is 11.6 Å². The molecule has 3 rings (SSSR count). The van der Waals surface area contributed by atoms with Crippen LogP contribution in [0.3, 0.4) is 0 Å². The molecule has 2 aromatic rings. The summed E-state index contributed by atoms with van der Waals surface area (Å²) >= 11 is 5.69. The van der Waals surface area contributed by atoms with Gasteiger partial charge in [0.05, 0.1) is 5.02 Å². The van der Waals surface area contributed by atoms with Crippen LogP contribution in [0.25, 0.3) is 11.4 Å². The number of halogens is 2. The summed E-state index contributed by atoms with van der Waals surface area (Å²) in [4.78, 5) is 8.76. The molecule has 1 aliphatic rings.